The molecule has 2 aromatic carbocycles. The summed E-state index contributed by atoms with van der Waals surface area (Å²) in [5.74, 6) is 0.825. The molecule has 2 rings (SSSR count). The summed E-state index contributed by atoms with van der Waals surface area (Å²) < 4.78 is 5.70. The van der Waals surface area contributed by atoms with Gasteiger partial charge in [-0.2, -0.15) is 0 Å². The Morgan fingerprint density at radius 1 is 0.600 bits per heavy atom. The second-order valence-corrected chi connectivity index (χ2v) is 7.69. The molecule has 0 fully saturated rings. The first-order valence-corrected chi connectivity index (χ1v) is 11.5. The molecule has 0 saturated carbocycles. The van der Waals surface area contributed by atoms with Gasteiger partial charge in [0.1, 0.15) is 5.75 Å². The predicted molar refractivity (Wildman–Crippen MR) is 132 cm³/mol. The van der Waals surface area contributed by atoms with E-state index in [4.69, 9.17) is 16.2 Å². The monoisotopic (exact) mass is 416 g/mol. The van der Waals surface area contributed by atoms with Crippen LogP contribution in [0.25, 0.3) is 0 Å². The third-order valence-corrected chi connectivity index (χ3v) is 4.97. The van der Waals surface area contributed by atoms with Gasteiger partial charge in [0, 0.05) is 5.69 Å². The molecule has 4 heteroatoms. The molecule has 6 N–H and O–H groups in total. The maximum absolute atomic E-state index is 5.84. The molecule has 30 heavy (non-hydrogen) atoms. The van der Waals surface area contributed by atoms with Gasteiger partial charge in [-0.25, -0.2) is 0 Å². The Morgan fingerprint density at radius 2 is 1.07 bits per heavy atom. The Balaban J connectivity index is 0.000000886. The molecule has 0 aliphatic rings. The summed E-state index contributed by atoms with van der Waals surface area (Å²) in [6.45, 7) is 3.06. The number of hydrogen-bond acceptors (Lipinski definition) is 3. The smallest absolute Gasteiger partial charge is 0.142 e. The van der Waals surface area contributed by atoms with Crippen molar-refractivity contribution in [3.8, 4) is 5.75 Å². The predicted octanol–water partition coefficient (Wildman–Crippen LogP) is 6.79. The zero-order valence-corrected chi connectivity index (χ0v) is 19.0. The maximum atomic E-state index is 5.84. The number of nitrogens with two attached hydrogens (primary N) is 2. The van der Waals surface area contributed by atoms with Crippen molar-refractivity contribution in [2.24, 2.45) is 0 Å². The van der Waals surface area contributed by atoms with Crippen molar-refractivity contribution in [3.63, 3.8) is 0 Å². The summed E-state index contributed by atoms with van der Waals surface area (Å²) >= 11 is 0. The molecule has 0 heterocycles. The average Bonchev–Trinajstić information content (AvgIpc) is 2.74. The van der Waals surface area contributed by atoms with Crippen molar-refractivity contribution in [2.45, 2.75) is 84.0 Å². The summed E-state index contributed by atoms with van der Waals surface area (Å²) in [7, 11) is 0. The fourth-order valence-corrected chi connectivity index (χ4v) is 3.19. The van der Waals surface area contributed by atoms with Gasteiger partial charge in [0.2, 0.25) is 0 Å². The number of para-hydroxylation sites is 3. The van der Waals surface area contributed by atoms with Crippen molar-refractivity contribution in [1.29, 1.82) is 0 Å². The van der Waals surface area contributed by atoms with Gasteiger partial charge in [0.15, 0.2) is 0 Å². The van der Waals surface area contributed by atoms with E-state index in [0.717, 1.165) is 30.2 Å². The molecule has 0 spiro atoms. The van der Waals surface area contributed by atoms with E-state index < -0.39 is 0 Å². The minimum Gasteiger partial charge on any atom is -0.491 e. The van der Waals surface area contributed by atoms with Crippen LogP contribution in [0.15, 0.2) is 54.6 Å². The van der Waals surface area contributed by atoms with E-state index in [1.54, 1.807) is 0 Å². The third-order valence-electron chi connectivity index (χ3n) is 4.97. The van der Waals surface area contributed by atoms with Crippen LogP contribution in [0.3, 0.4) is 0 Å². The van der Waals surface area contributed by atoms with Crippen molar-refractivity contribution in [2.75, 3.05) is 18.1 Å². The molecule has 0 aliphatic heterocycles. The molecule has 0 amide bonds. The van der Waals surface area contributed by atoms with Crippen LogP contribution < -0.4 is 16.2 Å². The van der Waals surface area contributed by atoms with Crippen molar-refractivity contribution < 1.29 is 10.2 Å². The standard InChI is InChI=1S/C20H35NO.C6H7N.H2O/c1-2-3-4-5-6-7-8-9-10-11-12-15-18-22-20-17-14-13-16-19(20)21;7-6-4-2-1-3-5-6;/h13-14,16-17H,2-12,15,18,21H2,1H3;1-5H,7H2;1H2. The molecule has 0 bridgehead atoms. The van der Waals surface area contributed by atoms with E-state index in [1.807, 2.05) is 54.6 Å². The first kappa shape index (κ1) is 27.8. The van der Waals surface area contributed by atoms with Crippen LogP contribution >= 0.6 is 0 Å². The lowest BCUT2D eigenvalue weighted by molar-refractivity contribution is 0.306. The first-order valence-electron chi connectivity index (χ1n) is 11.5. The molecular formula is C26H44N2O2. The number of unbranched alkanes of at least 4 members (excludes halogenated alkanes) is 11. The summed E-state index contributed by atoms with van der Waals surface area (Å²) in [6.07, 6.45) is 16.4. The Kier molecular flexibility index (Phi) is 18.6. The lowest BCUT2D eigenvalue weighted by Gasteiger charge is -2.08. The molecule has 4 nitrogen and oxygen atoms in total. The fraction of sp³-hybridized carbons (Fsp3) is 0.538. The Morgan fingerprint density at radius 3 is 1.53 bits per heavy atom. The highest BCUT2D eigenvalue weighted by Gasteiger charge is 1.98. The van der Waals surface area contributed by atoms with Crippen LogP contribution in [0.4, 0.5) is 11.4 Å². The second kappa shape index (κ2) is 20.1. The molecule has 0 saturated heterocycles. The highest BCUT2D eigenvalue weighted by atomic mass is 16.5. The third kappa shape index (κ3) is 15.7. The second-order valence-electron chi connectivity index (χ2n) is 7.69. The van der Waals surface area contributed by atoms with Crippen LogP contribution in [-0.4, -0.2) is 12.1 Å². The molecule has 0 radical (unpaired) electrons. The maximum Gasteiger partial charge on any atom is 0.142 e. The number of nitrogen functional groups attached to an aromatic ring is 2. The van der Waals surface area contributed by atoms with E-state index in [-0.39, 0.29) is 5.48 Å². The minimum atomic E-state index is 0. The summed E-state index contributed by atoms with van der Waals surface area (Å²) in [4.78, 5) is 0. The zero-order valence-electron chi connectivity index (χ0n) is 19.0. The fourth-order valence-electron chi connectivity index (χ4n) is 3.19. The van der Waals surface area contributed by atoms with Gasteiger partial charge in [0.25, 0.3) is 0 Å². The van der Waals surface area contributed by atoms with E-state index in [9.17, 15) is 0 Å². The first-order chi connectivity index (χ1) is 14.2. The number of ether oxygens (including phenoxy) is 1. The SMILES string of the molecule is CCCCCCCCCCCCCCOc1ccccc1N.Nc1ccccc1.O. The van der Waals surface area contributed by atoms with Crippen LogP contribution in [0, 0.1) is 0 Å². The molecular weight excluding hydrogens is 372 g/mol. The summed E-state index contributed by atoms with van der Waals surface area (Å²) in [5.41, 5.74) is 12.8. The number of benzene rings is 2. The van der Waals surface area contributed by atoms with Crippen LogP contribution in [0.1, 0.15) is 84.0 Å². The molecule has 170 valence electrons. The molecule has 2 aromatic rings. The lowest BCUT2D eigenvalue weighted by Crippen LogP contribution is -2.00. The number of hydrogen-bond donors (Lipinski definition) is 2. The van der Waals surface area contributed by atoms with Crippen LogP contribution in [0.2, 0.25) is 0 Å². The van der Waals surface area contributed by atoms with E-state index in [1.165, 1.54) is 70.6 Å². The van der Waals surface area contributed by atoms with Crippen molar-refractivity contribution >= 4 is 11.4 Å². The highest BCUT2D eigenvalue weighted by Crippen LogP contribution is 2.20. The summed E-state index contributed by atoms with van der Waals surface area (Å²) in [6, 6.07) is 17.2. The van der Waals surface area contributed by atoms with Gasteiger partial charge in [0.05, 0.1) is 12.3 Å². The van der Waals surface area contributed by atoms with Crippen molar-refractivity contribution in [3.05, 3.63) is 54.6 Å². The molecule has 0 unspecified atom stereocenters. The van der Waals surface area contributed by atoms with Crippen molar-refractivity contribution in [1.82, 2.24) is 0 Å². The summed E-state index contributed by atoms with van der Waals surface area (Å²) in [5, 5.41) is 0. The average molecular weight is 417 g/mol. The van der Waals surface area contributed by atoms with Crippen LogP contribution in [0.5, 0.6) is 5.75 Å². The van der Waals surface area contributed by atoms with Gasteiger partial charge in [-0.1, -0.05) is 108 Å². The van der Waals surface area contributed by atoms with Gasteiger partial charge in [-0.05, 0) is 30.7 Å². The van der Waals surface area contributed by atoms with E-state index in [2.05, 4.69) is 6.92 Å². The topological polar surface area (TPSA) is 92.8 Å². The zero-order chi connectivity index (χ0) is 21.0. The highest BCUT2D eigenvalue weighted by molar-refractivity contribution is 5.51. The van der Waals surface area contributed by atoms with Gasteiger partial charge in [-0.15, -0.1) is 0 Å². The quantitative estimate of drug-likeness (QED) is 0.262. The van der Waals surface area contributed by atoms with Gasteiger partial charge in [-0.3, -0.25) is 0 Å². The normalized spacial score (nSPS) is 9.90. The Labute approximate surface area is 184 Å². The van der Waals surface area contributed by atoms with E-state index >= 15 is 0 Å². The molecule has 0 aromatic heterocycles. The number of anilines is 2. The van der Waals surface area contributed by atoms with Gasteiger partial charge >= 0.3 is 0 Å². The van der Waals surface area contributed by atoms with Crippen LogP contribution in [-0.2, 0) is 0 Å². The van der Waals surface area contributed by atoms with E-state index in [0.29, 0.717) is 0 Å². The van der Waals surface area contributed by atoms with Gasteiger partial charge < -0.3 is 21.7 Å². The molecule has 0 aliphatic carbocycles. The lowest BCUT2D eigenvalue weighted by atomic mass is 10.1. The largest absolute Gasteiger partial charge is 0.491 e. The Bertz CT molecular complexity index is 605. The Hall–Kier alpha value is -2.20. The molecule has 0 atom stereocenters. The minimum absolute atomic E-state index is 0. The number of rotatable bonds is 14.